The molecule has 0 aromatic rings. The van der Waals surface area contributed by atoms with Gasteiger partial charge in [0, 0.05) is 12.3 Å². The number of ether oxygens (including phenoxy) is 1. The number of carbonyl (C=O) groups excluding carboxylic acids is 2. The van der Waals surface area contributed by atoms with Crippen molar-refractivity contribution in [1.29, 1.82) is 0 Å². The predicted molar refractivity (Wildman–Crippen MR) is 62.2 cm³/mol. The third kappa shape index (κ3) is 1.28. The Hall–Kier alpha value is -0.860. The van der Waals surface area contributed by atoms with Crippen molar-refractivity contribution in [2.45, 2.75) is 39.0 Å². The summed E-state index contributed by atoms with van der Waals surface area (Å²) in [6.45, 7) is 2.23. The molecule has 3 heteroatoms. The molecule has 0 amide bonds. The molecule has 3 fully saturated rings. The van der Waals surface area contributed by atoms with E-state index in [1.165, 1.54) is 13.5 Å². The van der Waals surface area contributed by atoms with Crippen molar-refractivity contribution in [3.05, 3.63) is 0 Å². The van der Waals surface area contributed by atoms with E-state index in [4.69, 9.17) is 4.74 Å². The van der Waals surface area contributed by atoms with Gasteiger partial charge in [-0.05, 0) is 30.1 Å². The van der Waals surface area contributed by atoms with Crippen LogP contribution in [0.25, 0.3) is 0 Å². The van der Waals surface area contributed by atoms with Crippen LogP contribution < -0.4 is 0 Å². The Morgan fingerprint density at radius 2 is 2.18 bits per heavy atom. The summed E-state index contributed by atoms with van der Waals surface area (Å²) in [4.78, 5) is 24.1. The van der Waals surface area contributed by atoms with Gasteiger partial charge >= 0.3 is 5.97 Å². The molecule has 17 heavy (non-hydrogen) atoms. The molecule has 4 bridgehead atoms. The second-order valence-electron chi connectivity index (χ2n) is 6.22. The van der Waals surface area contributed by atoms with Crippen molar-refractivity contribution in [3.8, 4) is 0 Å². The Morgan fingerprint density at radius 1 is 1.41 bits per heavy atom. The summed E-state index contributed by atoms with van der Waals surface area (Å²) < 4.78 is 4.97. The lowest BCUT2D eigenvalue weighted by molar-refractivity contribution is -0.150. The van der Waals surface area contributed by atoms with Crippen LogP contribution in [0.3, 0.4) is 0 Å². The molecule has 0 aromatic carbocycles. The van der Waals surface area contributed by atoms with E-state index >= 15 is 0 Å². The van der Waals surface area contributed by atoms with Gasteiger partial charge in [0.05, 0.1) is 13.0 Å². The summed E-state index contributed by atoms with van der Waals surface area (Å²) >= 11 is 0. The van der Waals surface area contributed by atoms with Crippen molar-refractivity contribution < 1.29 is 14.3 Å². The summed E-state index contributed by atoms with van der Waals surface area (Å²) in [6.07, 6.45) is 5.11. The molecule has 0 heterocycles. The molecule has 5 atom stereocenters. The average Bonchev–Trinajstić information content (AvgIpc) is 2.59. The van der Waals surface area contributed by atoms with Gasteiger partial charge in [-0.25, -0.2) is 0 Å². The summed E-state index contributed by atoms with van der Waals surface area (Å²) in [6, 6.07) is 0. The molecule has 3 saturated carbocycles. The molecule has 3 rings (SSSR count). The minimum absolute atomic E-state index is 0.00648. The summed E-state index contributed by atoms with van der Waals surface area (Å²) in [5.74, 6) is 0.971. The highest BCUT2D eigenvalue weighted by atomic mass is 16.5. The Kier molecular flexibility index (Phi) is 2.36. The van der Waals surface area contributed by atoms with E-state index in [9.17, 15) is 9.59 Å². The zero-order chi connectivity index (χ0) is 12.2. The van der Waals surface area contributed by atoms with Gasteiger partial charge in [-0.2, -0.15) is 0 Å². The molecule has 0 spiro atoms. The average molecular weight is 236 g/mol. The van der Waals surface area contributed by atoms with Gasteiger partial charge in [-0.1, -0.05) is 19.8 Å². The van der Waals surface area contributed by atoms with Crippen LogP contribution in [0.2, 0.25) is 0 Å². The highest BCUT2D eigenvalue weighted by Crippen LogP contribution is 2.66. The number of ketones is 1. The predicted octanol–water partition coefficient (Wildman–Crippen LogP) is 2.19. The molecule has 0 aliphatic heterocycles. The lowest BCUT2D eigenvalue weighted by atomic mass is 9.74. The molecule has 3 nitrogen and oxygen atoms in total. The first-order chi connectivity index (χ1) is 8.09. The number of hydrogen-bond acceptors (Lipinski definition) is 3. The SMILES string of the molecule is COC(=O)[C@H]1[C@@H]2CCCC[C@@]3(C)[C@@H]2C(=O)C[C@@H]13. The smallest absolute Gasteiger partial charge is 0.309 e. The van der Waals surface area contributed by atoms with Gasteiger partial charge in [0.2, 0.25) is 0 Å². The van der Waals surface area contributed by atoms with Crippen molar-refractivity contribution in [2.24, 2.45) is 29.1 Å². The Bertz CT molecular complexity index is 376. The molecule has 3 aliphatic rings. The van der Waals surface area contributed by atoms with Crippen molar-refractivity contribution in [3.63, 3.8) is 0 Å². The number of hydrogen-bond donors (Lipinski definition) is 0. The van der Waals surface area contributed by atoms with E-state index < -0.39 is 0 Å². The third-order valence-electron chi connectivity index (χ3n) is 5.62. The van der Waals surface area contributed by atoms with Gasteiger partial charge in [-0.15, -0.1) is 0 Å². The van der Waals surface area contributed by atoms with Gasteiger partial charge in [-0.3, -0.25) is 9.59 Å². The molecule has 94 valence electrons. The Labute approximate surface area is 102 Å². The van der Waals surface area contributed by atoms with Crippen LogP contribution in [-0.2, 0) is 14.3 Å². The fourth-order valence-corrected chi connectivity index (χ4v) is 4.99. The maximum absolute atomic E-state index is 12.1. The lowest BCUT2D eigenvalue weighted by Crippen LogP contribution is -2.34. The highest BCUT2D eigenvalue weighted by Gasteiger charge is 2.67. The minimum atomic E-state index is -0.0804. The van der Waals surface area contributed by atoms with Crippen LogP contribution in [0.1, 0.15) is 39.0 Å². The first-order valence-corrected chi connectivity index (χ1v) is 6.70. The molecular formula is C14H20O3. The third-order valence-corrected chi connectivity index (χ3v) is 5.62. The van der Waals surface area contributed by atoms with E-state index in [1.807, 2.05) is 0 Å². The molecule has 0 radical (unpaired) electrons. The topological polar surface area (TPSA) is 43.4 Å². The van der Waals surface area contributed by atoms with Gasteiger partial charge in [0.1, 0.15) is 5.78 Å². The number of esters is 1. The van der Waals surface area contributed by atoms with Crippen LogP contribution in [-0.4, -0.2) is 18.9 Å². The molecule has 0 aromatic heterocycles. The number of Topliss-reactive ketones (excluding diaryl/α,β-unsaturated/α-hetero) is 1. The van der Waals surface area contributed by atoms with Crippen LogP contribution in [0, 0.1) is 29.1 Å². The molecule has 0 unspecified atom stereocenters. The van der Waals surface area contributed by atoms with Crippen molar-refractivity contribution in [2.75, 3.05) is 7.11 Å². The van der Waals surface area contributed by atoms with E-state index in [2.05, 4.69) is 6.92 Å². The number of rotatable bonds is 1. The zero-order valence-electron chi connectivity index (χ0n) is 10.6. The van der Waals surface area contributed by atoms with E-state index in [-0.39, 0.29) is 35.1 Å². The summed E-state index contributed by atoms with van der Waals surface area (Å²) in [5, 5.41) is 0. The van der Waals surface area contributed by atoms with Crippen LogP contribution in [0.5, 0.6) is 0 Å². The molecule has 3 aliphatic carbocycles. The molecule has 0 saturated heterocycles. The number of methoxy groups -OCH3 is 1. The minimum Gasteiger partial charge on any atom is -0.469 e. The molecular weight excluding hydrogens is 216 g/mol. The Morgan fingerprint density at radius 3 is 2.88 bits per heavy atom. The van der Waals surface area contributed by atoms with Gasteiger partial charge in [0.25, 0.3) is 0 Å². The second kappa shape index (κ2) is 3.56. The second-order valence-corrected chi connectivity index (χ2v) is 6.22. The van der Waals surface area contributed by atoms with Crippen LogP contribution in [0.15, 0.2) is 0 Å². The fraction of sp³-hybridized carbons (Fsp3) is 0.857. The highest BCUT2D eigenvalue weighted by molar-refractivity contribution is 5.89. The monoisotopic (exact) mass is 236 g/mol. The first-order valence-electron chi connectivity index (χ1n) is 6.70. The van der Waals surface area contributed by atoms with E-state index in [0.29, 0.717) is 12.2 Å². The van der Waals surface area contributed by atoms with Crippen LogP contribution in [0.4, 0.5) is 0 Å². The van der Waals surface area contributed by atoms with Gasteiger partial charge < -0.3 is 4.74 Å². The maximum Gasteiger partial charge on any atom is 0.309 e. The van der Waals surface area contributed by atoms with E-state index in [0.717, 1.165) is 19.3 Å². The quantitative estimate of drug-likeness (QED) is 0.655. The zero-order valence-corrected chi connectivity index (χ0v) is 10.6. The summed E-state index contributed by atoms with van der Waals surface area (Å²) in [7, 11) is 1.47. The van der Waals surface area contributed by atoms with Gasteiger partial charge in [0.15, 0.2) is 0 Å². The summed E-state index contributed by atoms with van der Waals surface area (Å²) in [5.41, 5.74) is 0.0805. The van der Waals surface area contributed by atoms with Crippen molar-refractivity contribution >= 4 is 11.8 Å². The van der Waals surface area contributed by atoms with Crippen molar-refractivity contribution in [1.82, 2.24) is 0 Å². The maximum atomic E-state index is 12.1. The van der Waals surface area contributed by atoms with E-state index in [1.54, 1.807) is 0 Å². The molecule has 0 N–H and O–H groups in total. The number of carbonyl (C=O) groups is 2. The van der Waals surface area contributed by atoms with Crippen LogP contribution >= 0.6 is 0 Å². The normalized spacial score (nSPS) is 48.0. The lowest BCUT2D eigenvalue weighted by Gasteiger charge is -2.30. The fourth-order valence-electron chi connectivity index (χ4n) is 4.99. The first kappa shape index (κ1) is 11.2. The largest absolute Gasteiger partial charge is 0.469 e. The standard InChI is InChI=1S/C14H20O3/c1-14-6-4-3-5-8-11(13(16)17-2)9(14)7-10(15)12(8)14/h8-9,11-12H,3-7H2,1-2H3/t8-,9-,11-,12-,14+/m0/s1. The Balaban J connectivity index is 2.02.